The Morgan fingerprint density at radius 1 is 1.54 bits per heavy atom. The van der Waals surface area contributed by atoms with Gasteiger partial charge in [0, 0.05) is 17.7 Å². The molecule has 0 fully saturated rings. The molecule has 1 rings (SSSR count). The van der Waals surface area contributed by atoms with Crippen LogP contribution in [0.2, 0.25) is 0 Å². The molecule has 0 aliphatic carbocycles. The lowest BCUT2D eigenvalue weighted by atomic mass is 10.2. The minimum atomic E-state index is -0.532. The summed E-state index contributed by atoms with van der Waals surface area (Å²) in [5, 5.41) is 19.4. The summed E-state index contributed by atoms with van der Waals surface area (Å²) < 4.78 is 0. The van der Waals surface area contributed by atoms with Crippen LogP contribution in [0.25, 0.3) is 0 Å². The normalized spacial score (nSPS) is 9.00. The highest BCUT2D eigenvalue weighted by Gasteiger charge is 2.08. The largest absolute Gasteiger partial charge is 0.508 e. The molecule has 0 unspecified atom stereocenters. The Kier molecular flexibility index (Phi) is 4.51. The van der Waals surface area contributed by atoms with Crippen LogP contribution in [0.4, 0.5) is 5.69 Å². The van der Waals surface area contributed by atoms with Gasteiger partial charge in [-0.15, -0.1) is 24.0 Å². The van der Waals surface area contributed by atoms with Crippen LogP contribution in [0.15, 0.2) is 18.2 Å². The maximum Gasteiger partial charge on any atom is 0.270 e. The van der Waals surface area contributed by atoms with Crippen LogP contribution in [0, 0.1) is 10.1 Å². The quantitative estimate of drug-likeness (QED) is 0.476. The molecule has 0 aliphatic heterocycles. The molecule has 13 heavy (non-hydrogen) atoms. The third-order valence-electron chi connectivity index (χ3n) is 1.42. The Morgan fingerprint density at radius 3 is 2.62 bits per heavy atom. The maximum absolute atomic E-state index is 10.3. The van der Waals surface area contributed by atoms with E-state index < -0.39 is 4.92 Å². The van der Waals surface area contributed by atoms with Gasteiger partial charge in [0.05, 0.1) is 10.8 Å². The Morgan fingerprint density at radius 2 is 2.15 bits per heavy atom. The number of rotatable bonds is 2. The number of alkyl halides is 1. The second kappa shape index (κ2) is 4.89. The SMILES string of the molecule is Cl.O=[N+]([O-])c1ccc(O)c(CCl)c1. The van der Waals surface area contributed by atoms with Crippen LogP contribution in [0.3, 0.4) is 0 Å². The first-order chi connectivity index (χ1) is 5.65. The molecular weight excluding hydrogens is 217 g/mol. The lowest BCUT2D eigenvalue weighted by molar-refractivity contribution is -0.384. The van der Waals surface area contributed by atoms with Crippen molar-refractivity contribution in [1.29, 1.82) is 0 Å². The smallest absolute Gasteiger partial charge is 0.270 e. The monoisotopic (exact) mass is 223 g/mol. The molecule has 1 aromatic rings. The first kappa shape index (κ1) is 12.0. The highest BCUT2D eigenvalue weighted by Crippen LogP contribution is 2.23. The van der Waals surface area contributed by atoms with Gasteiger partial charge in [-0.25, -0.2) is 0 Å². The summed E-state index contributed by atoms with van der Waals surface area (Å²) in [4.78, 5) is 9.73. The molecule has 0 radical (unpaired) electrons. The number of benzene rings is 1. The van der Waals surface area contributed by atoms with Crippen molar-refractivity contribution in [2.45, 2.75) is 5.88 Å². The summed E-state index contributed by atoms with van der Waals surface area (Å²) in [6.45, 7) is 0. The average molecular weight is 224 g/mol. The molecule has 0 heterocycles. The van der Waals surface area contributed by atoms with Crippen LogP contribution in [0.5, 0.6) is 5.75 Å². The Balaban J connectivity index is 0.00000144. The van der Waals surface area contributed by atoms with Crippen LogP contribution >= 0.6 is 24.0 Å². The van der Waals surface area contributed by atoms with Gasteiger partial charge in [-0.3, -0.25) is 10.1 Å². The number of phenolic OH excluding ortho intramolecular Hbond substituents is 1. The minimum absolute atomic E-state index is 0. The molecule has 4 nitrogen and oxygen atoms in total. The van der Waals surface area contributed by atoms with Gasteiger partial charge >= 0.3 is 0 Å². The molecule has 72 valence electrons. The molecule has 0 atom stereocenters. The van der Waals surface area contributed by atoms with Crippen molar-refractivity contribution in [3.63, 3.8) is 0 Å². The molecule has 0 aliphatic rings. The van der Waals surface area contributed by atoms with Gasteiger partial charge in [0.2, 0.25) is 0 Å². The predicted octanol–water partition coefficient (Wildman–Crippen LogP) is 2.46. The van der Waals surface area contributed by atoms with Gasteiger partial charge in [0.25, 0.3) is 5.69 Å². The van der Waals surface area contributed by atoms with Gasteiger partial charge in [-0.05, 0) is 6.07 Å². The van der Waals surface area contributed by atoms with Gasteiger partial charge in [0.15, 0.2) is 0 Å². The number of hydrogen-bond acceptors (Lipinski definition) is 3. The van der Waals surface area contributed by atoms with Crippen molar-refractivity contribution in [1.82, 2.24) is 0 Å². The predicted molar refractivity (Wildman–Crippen MR) is 51.6 cm³/mol. The van der Waals surface area contributed by atoms with E-state index >= 15 is 0 Å². The molecule has 0 aromatic heterocycles. The van der Waals surface area contributed by atoms with Gasteiger partial charge < -0.3 is 5.11 Å². The van der Waals surface area contributed by atoms with Crippen LogP contribution in [-0.4, -0.2) is 10.0 Å². The maximum atomic E-state index is 10.3. The van der Waals surface area contributed by atoms with E-state index in [1.54, 1.807) is 0 Å². The molecule has 1 N–H and O–H groups in total. The summed E-state index contributed by atoms with van der Waals surface area (Å²) in [7, 11) is 0. The van der Waals surface area contributed by atoms with Crippen LogP contribution < -0.4 is 0 Å². The van der Waals surface area contributed by atoms with E-state index in [1.165, 1.54) is 18.2 Å². The molecule has 6 heteroatoms. The minimum Gasteiger partial charge on any atom is -0.508 e. The van der Waals surface area contributed by atoms with Crippen LogP contribution in [0.1, 0.15) is 5.56 Å². The zero-order valence-corrected chi connectivity index (χ0v) is 8.01. The standard InChI is InChI=1S/C7H6ClNO3.ClH/c8-4-5-3-6(9(11)12)1-2-7(5)10;/h1-3,10H,4H2;1H. The second-order valence-electron chi connectivity index (χ2n) is 2.20. The van der Waals surface area contributed by atoms with Gasteiger partial charge in [-0.1, -0.05) is 0 Å². The lowest BCUT2D eigenvalue weighted by Gasteiger charge is -1.98. The van der Waals surface area contributed by atoms with E-state index in [0.29, 0.717) is 5.56 Å². The number of non-ortho nitro benzene ring substituents is 1. The number of phenols is 1. The van der Waals surface area contributed by atoms with E-state index in [2.05, 4.69) is 0 Å². The number of nitro benzene ring substituents is 1. The topological polar surface area (TPSA) is 63.4 Å². The molecule has 1 aromatic carbocycles. The number of aromatic hydroxyl groups is 1. The van der Waals surface area contributed by atoms with E-state index in [4.69, 9.17) is 16.7 Å². The first-order valence-corrected chi connectivity index (χ1v) is 3.71. The zero-order chi connectivity index (χ0) is 9.14. The van der Waals surface area contributed by atoms with Crippen molar-refractivity contribution < 1.29 is 10.0 Å². The third kappa shape index (κ3) is 2.75. The fourth-order valence-corrected chi connectivity index (χ4v) is 1.01. The summed E-state index contributed by atoms with van der Waals surface area (Å²) >= 11 is 5.43. The first-order valence-electron chi connectivity index (χ1n) is 3.17. The van der Waals surface area contributed by atoms with E-state index in [1.807, 2.05) is 0 Å². The zero-order valence-electron chi connectivity index (χ0n) is 6.44. The van der Waals surface area contributed by atoms with Crippen molar-refractivity contribution >= 4 is 29.7 Å². The lowest BCUT2D eigenvalue weighted by Crippen LogP contribution is -1.89. The Hall–Kier alpha value is -1.00. The fourth-order valence-electron chi connectivity index (χ4n) is 0.793. The van der Waals surface area contributed by atoms with Crippen LogP contribution in [-0.2, 0) is 5.88 Å². The van der Waals surface area contributed by atoms with Crippen molar-refractivity contribution in [2.24, 2.45) is 0 Å². The number of halogens is 2. The second-order valence-corrected chi connectivity index (χ2v) is 2.47. The number of nitro groups is 1. The molecule has 0 spiro atoms. The van der Waals surface area contributed by atoms with E-state index in [0.717, 1.165) is 0 Å². The summed E-state index contributed by atoms with van der Waals surface area (Å²) in [6, 6.07) is 3.74. The third-order valence-corrected chi connectivity index (χ3v) is 1.71. The number of nitrogens with zero attached hydrogens (tertiary/aromatic N) is 1. The highest BCUT2D eigenvalue weighted by atomic mass is 35.5. The average Bonchev–Trinajstić information content (AvgIpc) is 2.05. The molecule has 0 saturated carbocycles. The number of hydrogen-bond donors (Lipinski definition) is 1. The van der Waals surface area contributed by atoms with Crippen molar-refractivity contribution in [3.05, 3.63) is 33.9 Å². The molecule has 0 bridgehead atoms. The Labute approximate surface area is 85.7 Å². The van der Waals surface area contributed by atoms with Gasteiger partial charge in [0.1, 0.15) is 5.75 Å². The summed E-state index contributed by atoms with van der Waals surface area (Å²) in [5.41, 5.74) is 0.300. The highest BCUT2D eigenvalue weighted by molar-refractivity contribution is 6.17. The summed E-state index contributed by atoms with van der Waals surface area (Å²) in [6.07, 6.45) is 0. The summed E-state index contributed by atoms with van der Waals surface area (Å²) in [5.74, 6) is 0.0450. The molecule has 0 saturated heterocycles. The van der Waals surface area contributed by atoms with Gasteiger partial charge in [-0.2, -0.15) is 0 Å². The van der Waals surface area contributed by atoms with Crippen molar-refractivity contribution in [3.8, 4) is 5.75 Å². The Bertz CT molecular complexity index is 317. The molecular formula is C7H7Cl2NO3. The molecule has 0 amide bonds. The fraction of sp³-hybridized carbons (Fsp3) is 0.143. The van der Waals surface area contributed by atoms with E-state index in [-0.39, 0.29) is 29.7 Å². The van der Waals surface area contributed by atoms with E-state index in [9.17, 15) is 10.1 Å². The van der Waals surface area contributed by atoms with Crippen molar-refractivity contribution in [2.75, 3.05) is 0 Å².